The number of rotatable bonds is 6. The minimum atomic E-state index is -4.69. The Labute approximate surface area is 228 Å². The molecule has 5 aromatic rings. The highest BCUT2D eigenvalue weighted by Gasteiger charge is 2.32. The molecule has 0 unspecified atom stereocenters. The largest absolute Gasteiger partial charge is 0.456 e. The second-order valence-electron chi connectivity index (χ2n) is 8.79. The maximum atomic E-state index is 13.0. The molecular formula is C26H16F6N2O5S2. The van der Waals surface area contributed by atoms with E-state index in [0.29, 0.717) is 12.1 Å². The number of benzene rings is 4. The Kier molecular flexibility index (Phi) is 6.69. The second kappa shape index (κ2) is 9.69. The van der Waals surface area contributed by atoms with Gasteiger partial charge in [0.25, 0.3) is 20.0 Å². The Balaban J connectivity index is 1.50. The molecule has 0 aliphatic carbocycles. The summed E-state index contributed by atoms with van der Waals surface area (Å²) in [6, 6.07) is 14.5. The normalized spacial score (nSPS) is 13.0. The van der Waals surface area contributed by atoms with Gasteiger partial charge in [-0.25, -0.2) is 16.8 Å². The van der Waals surface area contributed by atoms with Crippen molar-refractivity contribution in [3.63, 3.8) is 0 Å². The highest BCUT2D eigenvalue weighted by molar-refractivity contribution is 7.93. The summed E-state index contributed by atoms with van der Waals surface area (Å²) in [7, 11) is -8.78. The summed E-state index contributed by atoms with van der Waals surface area (Å²) in [5.74, 6) is 0. The van der Waals surface area contributed by atoms with Gasteiger partial charge in [-0.1, -0.05) is 12.1 Å². The van der Waals surface area contributed by atoms with E-state index in [1.807, 2.05) is 0 Å². The highest BCUT2D eigenvalue weighted by atomic mass is 32.2. The number of nitrogens with one attached hydrogen (secondary N) is 2. The minimum Gasteiger partial charge on any atom is -0.456 e. The minimum absolute atomic E-state index is 0.169. The van der Waals surface area contributed by atoms with Crippen LogP contribution in [0.2, 0.25) is 0 Å². The predicted octanol–water partition coefficient (Wildman–Crippen LogP) is 7.23. The van der Waals surface area contributed by atoms with Crippen LogP contribution in [0.5, 0.6) is 0 Å². The summed E-state index contributed by atoms with van der Waals surface area (Å²) < 4.78 is 140. The fourth-order valence-electron chi connectivity index (χ4n) is 4.02. The van der Waals surface area contributed by atoms with Crippen molar-refractivity contribution >= 4 is 53.4 Å². The summed E-state index contributed by atoms with van der Waals surface area (Å²) >= 11 is 0. The van der Waals surface area contributed by atoms with Crippen molar-refractivity contribution in [3.8, 4) is 0 Å². The first-order valence-electron chi connectivity index (χ1n) is 11.4. The molecule has 0 aliphatic rings. The molecule has 2 N–H and O–H groups in total. The molecule has 0 radical (unpaired) electrons. The van der Waals surface area contributed by atoms with Gasteiger partial charge in [0.05, 0.1) is 20.9 Å². The van der Waals surface area contributed by atoms with Crippen LogP contribution in [0.3, 0.4) is 0 Å². The van der Waals surface area contributed by atoms with E-state index in [9.17, 15) is 43.2 Å². The molecule has 4 aromatic carbocycles. The molecule has 7 nitrogen and oxygen atoms in total. The lowest BCUT2D eigenvalue weighted by Gasteiger charge is -2.11. The van der Waals surface area contributed by atoms with Gasteiger partial charge in [0.1, 0.15) is 11.2 Å². The van der Waals surface area contributed by atoms with Gasteiger partial charge in [-0.15, -0.1) is 0 Å². The Morgan fingerprint density at radius 2 is 0.927 bits per heavy atom. The number of sulfonamides is 2. The third-order valence-corrected chi connectivity index (χ3v) is 8.67. The highest BCUT2D eigenvalue weighted by Crippen LogP contribution is 2.35. The molecule has 0 bridgehead atoms. The van der Waals surface area contributed by atoms with E-state index in [2.05, 4.69) is 9.44 Å². The van der Waals surface area contributed by atoms with Gasteiger partial charge < -0.3 is 4.42 Å². The number of hydrogen-bond donors (Lipinski definition) is 2. The lowest BCUT2D eigenvalue weighted by atomic mass is 10.1. The number of hydrogen-bond acceptors (Lipinski definition) is 5. The predicted molar refractivity (Wildman–Crippen MR) is 138 cm³/mol. The van der Waals surface area contributed by atoms with E-state index in [1.54, 1.807) is 0 Å². The van der Waals surface area contributed by atoms with E-state index in [-0.39, 0.29) is 43.1 Å². The van der Waals surface area contributed by atoms with Crippen LogP contribution in [-0.2, 0) is 32.4 Å². The van der Waals surface area contributed by atoms with Crippen molar-refractivity contribution in [1.29, 1.82) is 0 Å². The first kappa shape index (κ1) is 28.3. The number of anilines is 2. The number of fused-ring (bicyclic) bond motifs is 3. The van der Waals surface area contributed by atoms with E-state index in [4.69, 9.17) is 4.42 Å². The summed E-state index contributed by atoms with van der Waals surface area (Å²) in [5.41, 5.74) is -2.41. The van der Waals surface area contributed by atoms with Crippen LogP contribution in [0.25, 0.3) is 21.9 Å². The van der Waals surface area contributed by atoms with Crippen molar-refractivity contribution < 1.29 is 47.6 Å². The quantitative estimate of drug-likeness (QED) is 0.197. The van der Waals surface area contributed by atoms with Gasteiger partial charge in [0, 0.05) is 22.1 Å². The summed E-state index contributed by atoms with van der Waals surface area (Å²) in [5, 5.41) is 0.339. The van der Waals surface area contributed by atoms with Crippen molar-refractivity contribution in [2.24, 2.45) is 0 Å². The first-order chi connectivity index (χ1) is 19.0. The standard InChI is InChI=1S/C26H16F6N2O5S2/c27-25(28,29)15-3-1-5-17(11-15)33-40(35,36)19-7-9-23-21(13-19)22-14-20(8-10-24(22)39-23)41(37,38)34-18-6-2-4-16(12-18)26(30,31)32/h1-14,33-34H. The molecule has 0 saturated heterocycles. The molecule has 1 aromatic heterocycles. The van der Waals surface area contributed by atoms with Crippen LogP contribution >= 0.6 is 0 Å². The maximum Gasteiger partial charge on any atom is 0.416 e. The van der Waals surface area contributed by atoms with Crippen molar-refractivity contribution in [3.05, 3.63) is 96.1 Å². The van der Waals surface area contributed by atoms with Crippen molar-refractivity contribution in [1.82, 2.24) is 0 Å². The van der Waals surface area contributed by atoms with Crippen LogP contribution in [-0.4, -0.2) is 16.8 Å². The first-order valence-corrected chi connectivity index (χ1v) is 14.4. The molecule has 1 heterocycles. The van der Waals surface area contributed by atoms with Crippen LogP contribution in [0.1, 0.15) is 11.1 Å². The monoisotopic (exact) mass is 614 g/mol. The zero-order valence-electron chi connectivity index (χ0n) is 20.2. The SMILES string of the molecule is O=S(=O)(Nc1cccc(C(F)(F)F)c1)c1ccc2oc3ccc(S(=O)(=O)Nc4cccc(C(F)(F)F)c4)cc3c2c1. The molecule has 0 aliphatic heterocycles. The average molecular weight is 615 g/mol. The maximum absolute atomic E-state index is 13.0. The smallest absolute Gasteiger partial charge is 0.416 e. The molecule has 5 rings (SSSR count). The van der Waals surface area contributed by atoms with Gasteiger partial charge in [-0.2, -0.15) is 26.3 Å². The fourth-order valence-corrected chi connectivity index (χ4v) is 6.17. The van der Waals surface area contributed by atoms with Gasteiger partial charge >= 0.3 is 12.4 Å². The Morgan fingerprint density at radius 3 is 1.29 bits per heavy atom. The van der Waals surface area contributed by atoms with Crippen molar-refractivity contribution in [2.45, 2.75) is 22.1 Å². The molecule has 0 amide bonds. The van der Waals surface area contributed by atoms with Crippen LogP contribution < -0.4 is 9.44 Å². The van der Waals surface area contributed by atoms with Gasteiger partial charge in [-0.05, 0) is 72.8 Å². The fraction of sp³-hybridized carbons (Fsp3) is 0.0769. The lowest BCUT2D eigenvalue weighted by Crippen LogP contribution is -2.14. The molecular weight excluding hydrogens is 598 g/mol. The topological polar surface area (TPSA) is 105 Å². The third kappa shape index (κ3) is 5.81. The molecule has 214 valence electrons. The zero-order chi connectivity index (χ0) is 29.8. The van der Waals surface area contributed by atoms with Crippen LogP contribution in [0.4, 0.5) is 37.7 Å². The molecule has 0 spiro atoms. The summed E-state index contributed by atoms with van der Waals surface area (Å²) in [6.45, 7) is 0. The number of furan rings is 1. The molecule has 0 saturated carbocycles. The molecule has 0 fully saturated rings. The number of halogens is 6. The van der Waals surface area contributed by atoms with Gasteiger partial charge in [-0.3, -0.25) is 9.44 Å². The van der Waals surface area contributed by atoms with Crippen LogP contribution in [0.15, 0.2) is 99.1 Å². The van der Waals surface area contributed by atoms with Crippen LogP contribution in [0, 0.1) is 0 Å². The second-order valence-corrected chi connectivity index (χ2v) is 12.2. The van der Waals surface area contributed by atoms with E-state index < -0.39 is 43.5 Å². The summed E-state index contributed by atoms with van der Waals surface area (Å²) in [6.07, 6.45) is -9.38. The molecule has 41 heavy (non-hydrogen) atoms. The Hall–Kier alpha value is -4.24. The van der Waals surface area contributed by atoms with E-state index in [0.717, 1.165) is 60.7 Å². The third-order valence-electron chi connectivity index (χ3n) is 5.92. The van der Waals surface area contributed by atoms with E-state index >= 15 is 0 Å². The summed E-state index contributed by atoms with van der Waals surface area (Å²) in [4.78, 5) is -0.694. The Morgan fingerprint density at radius 1 is 0.537 bits per heavy atom. The average Bonchev–Trinajstić information content (AvgIpc) is 3.25. The van der Waals surface area contributed by atoms with Crippen molar-refractivity contribution in [2.75, 3.05) is 9.44 Å². The zero-order valence-corrected chi connectivity index (χ0v) is 21.8. The van der Waals surface area contributed by atoms with Gasteiger partial charge in [0.2, 0.25) is 0 Å². The van der Waals surface area contributed by atoms with E-state index in [1.165, 1.54) is 12.1 Å². The molecule has 0 atom stereocenters. The lowest BCUT2D eigenvalue weighted by molar-refractivity contribution is -0.138. The molecule has 15 heteroatoms. The number of alkyl halides is 6. The van der Waals surface area contributed by atoms with Gasteiger partial charge in [0.15, 0.2) is 0 Å². The Bertz CT molecular complexity index is 1870.